The van der Waals surface area contributed by atoms with E-state index in [-0.39, 0.29) is 6.10 Å². The highest BCUT2D eigenvalue weighted by atomic mass is 16.5. The predicted octanol–water partition coefficient (Wildman–Crippen LogP) is 2.89. The van der Waals surface area contributed by atoms with Gasteiger partial charge in [-0.1, -0.05) is 24.6 Å². The first-order valence-electron chi connectivity index (χ1n) is 8.92. The summed E-state index contributed by atoms with van der Waals surface area (Å²) in [6, 6.07) is 6.73. The van der Waals surface area contributed by atoms with Gasteiger partial charge in [0, 0.05) is 24.7 Å². The van der Waals surface area contributed by atoms with E-state index in [1.807, 2.05) is 0 Å². The van der Waals surface area contributed by atoms with Crippen molar-refractivity contribution >= 4 is 0 Å². The molecule has 0 aliphatic carbocycles. The quantitative estimate of drug-likeness (QED) is 0.723. The van der Waals surface area contributed by atoms with Crippen molar-refractivity contribution in [2.45, 2.75) is 51.7 Å². The average molecular weight is 320 g/mol. The van der Waals surface area contributed by atoms with Crippen LogP contribution in [0.25, 0.3) is 0 Å². The Bertz CT molecular complexity index is 470. The Balaban J connectivity index is 1.80. The monoisotopic (exact) mass is 320 g/mol. The zero-order valence-electron chi connectivity index (χ0n) is 14.8. The van der Waals surface area contributed by atoms with E-state index in [4.69, 9.17) is 4.74 Å². The van der Waals surface area contributed by atoms with E-state index in [0.29, 0.717) is 6.04 Å². The second-order valence-electron chi connectivity index (χ2n) is 6.59. The Morgan fingerprint density at radius 2 is 2.09 bits per heavy atom. The summed E-state index contributed by atoms with van der Waals surface area (Å²) in [6.45, 7) is 8.52. The molecule has 1 atom stereocenters. The first-order valence-corrected chi connectivity index (χ1v) is 8.92. The van der Waals surface area contributed by atoms with Gasteiger partial charge in [0.2, 0.25) is 0 Å². The van der Waals surface area contributed by atoms with Crippen molar-refractivity contribution in [3.8, 4) is 5.75 Å². The number of aryl methyl sites for hydroxylation is 1. The van der Waals surface area contributed by atoms with Crippen molar-refractivity contribution in [1.82, 2.24) is 10.2 Å². The molecule has 0 amide bonds. The number of methoxy groups -OCH3 is 1. The third-order valence-corrected chi connectivity index (χ3v) is 4.77. The summed E-state index contributed by atoms with van der Waals surface area (Å²) < 4.78 is 5.52. The minimum Gasteiger partial charge on any atom is -0.496 e. The normalized spacial score (nSPS) is 18.1. The highest BCUT2D eigenvalue weighted by Gasteiger charge is 2.17. The van der Waals surface area contributed by atoms with Crippen molar-refractivity contribution in [3.05, 3.63) is 29.3 Å². The Morgan fingerprint density at radius 3 is 2.74 bits per heavy atom. The zero-order valence-corrected chi connectivity index (χ0v) is 14.8. The molecule has 0 saturated carbocycles. The Hall–Kier alpha value is -1.10. The topological polar surface area (TPSA) is 44.7 Å². The van der Waals surface area contributed by atoms with E-state index in [2.05, 4.69) is 42.3 Å². The highest BCUT2D eigenvalue weighted by molar-refractivity contribution is 5.39. The van der Waals surface area contributed by atoms with Crippen molar-refractivity contribution in [1.29, 1.82) is 0 Å². The average Bonchev–Trinajstić information content (AvgIpc) is 2.56. The van der Waals surface area contributed by atoms with Gasteiger partial charge < -0.3 is 20.1 Å². The maximum atomic E-state index is 9.55. The van der Waals surface area contributed by atoms with Crippen molar-refractivity contribution in [3.63, 3.8) is 0 Å². The fourth-order valence-corrected chi connectivity index (χ4v) is 3.32. The van der Waals surface area contributed by atoms with E-state index < -0.39 is 0 Å². The molecule has 1 aromatic carbocycles. The number of rotatable bonds is 8. The van der Waals surface area contributed by atoms with Gasteiger partial charge in [0.15, 0.2) is 0 Å². The lowest BCUT2D eigenvalue weighted by Gasteiger charge is -2.29. The Morgan fingerprint density at radius 1 is 1.35 bits per heavy atom. The van der Waals surface area contributed by atoms with Gasteiger partial charge in [-0.3, -0.25) is 0 Å². The van der Waals surface area contributed by atoms with Gasteiger partial charge in [-0.25, -0.2) is 0 Å². The number of nitrogens with zero attached hydrogens (tertiary/aromatic N) is 1. The molecule has 0 aromatic heterocycles. The number of aliphatic hydroxyl groups is 1. The second kappa shape index (κ2) is 9.26. The fourth-order valence-electron chi connectivity index (χ4n) is 3.32. The SMILES string of the molecule is CCC(NCCCN1CCC(O)CC1)c1cc(C)ccc1OC. The van der Waals surface area contributed by atoms with Gasteiger partial charge in [0.1, 0.15) is 5.75 Å². The maximum absolute atomic E-state index is 9.55. The smallest absolute Gasteiger partial charge is 0.123 e. The van der Waals surface area contributed by atoms with Crippen LogP contribution >= 0.6 is 0 Å². The molecule has 4 heteroatoms. The number of hydrogen-bond acceptors (Lipinski definition) is 4. The summed E-state index contributed by atoms with van der Waals surface area (Å²) in [5.74, 6) is 0.972. The van der Waals surface area contributed by atoms with Crippen LogP contribution in [-0.4, -0.2) is 49.4 Å². The molecular weight excluding hydrogens is 288 g/mol. The number of hydrogen-bond donors (Lipinski definition) is 2. The molecule has 1 heterocycles. The predicted molar refractivity (Wildman–Crippen MR) is 95.1 cm³/mol. The van der Waals surface area contributed by atoms with Crippen LogP contribution in [0.2, 0.25) is 0 Å². The van der Waals surface area contributed by atoms with Crippen molar-refractivity contribution in [2.75, 3.05) is 33.3 Å². The number of ether oxygens (including phenoxy) is 1. The number of benzene rings is 1. The standard InChI is InChI=1S/C19H32N2O2/c1-4-18(17-14-15(2)6-7-19(17)23-3)20-10-5-11-21-12-8-16(22)9-13-21/h6-7,14,16,18,20,22H,4-5,8-13H2,1-3H3. The summed E-state index contributed by atoms with van der Waals surface area (Å²) in [7, 11) is 1.74. The molecule has 1 saturated heterocycles. The summed E-state index contributed by atoms with van der Waals surface area (Å²) in [5.41, 5.74) is 2.53. The Kier molecular flexibility index (Phi) is 7.34. The fraction of sp³-hybridized carbons (Fsp3) is 0.684. The van der Waals surface area contributed by atoms with Crippen LogP contribution in [0.15, 0.2) is 18.2 Å². The first kappa shape index (κ1) is 18.2. The van der Waals surface area contributed by atoms with Gasteiger partial charge in [0.25, 0.3) is 0 Å². The second-order valence-corrected chi connectivity index (χ2v) is 6.59. The molecule has 1 aromatic rings. The van der Waals surface area contributed by atoms with E-state index >= 15 is 0 Å². The van der Waals surface area contributed by atoms with Gasteiger partial charge in [-0.15, -0.1) is 0 Å². The summed E-state index contributed by atoms with van der Waals surface area (Å²) >= 11 is 0. The minimum absolute atomic E-state index is 0.0809. The largest absolute Gasteiger partial charge is 0.496 e. The van der Waals surface area contributed by atoms with Gasteiger partial charge >= 0.3 is 0 Å². The molecule has 0 spiro atoms. The minimum atomic E-state index is -0.0809. The molecule has 1 aliphatic heterocycles. The summed E-state index contributed by atoms with van der Waals surface area (Å²) in [4.78, 5) is 2.46. The first-order chi connectivity index (χ1) is 11.1. The molecule has 1 fully saturated rings. The van der Waals surface area contributed by atoms with Crippen LogP contribution in [0.5, 0.6) is 5.75 Å². The molecule has 23 heavy (non-hydrogen) atoms. The molecule has 1 unspecified atom stereocenters. The number of likely N-dealkylation sites (tertiary alicyclic amines) is 1. The van der Waals surface area contributed by atoms with Gasteiger partial charge in [0.05, 0.1) is 13.2 Å². The summed E-state index contributed by atoms with van der Waals surface area (Å²) in [5, 5.41) is 13.2. The Labute approximate surface area is 140 Å². The molecule has 4 nitrogen and oxygen atoms in total. The third kappa shape index (κ3) is 5.48. The van der Waals surface area contributed by atoms with Crippen LogP contribution in [-0.2, 0) is 0 Å². The van der Waals surface area contributed by atoms with Crippen LogP contribution < -0.4 is 10.1 Å². The van der Waals surface area contributed by atoms with E-state index in [0.717, 1.165) is 57.6 Å². The molecule has 2 N–H and O–H groups in total. The number of aliphatic hydroxyl groups excluding tert-OH is 1. The van der Waals surface area contributed by atoms with Crippen LogP contribution in [0, 0.1) is 6.92 Å². The van der Waals surface area contributed by atoms with Crippen molar-refractivity contribution < 1.29 is 9.84 Å². The molecule has 2 rings (SSSR count). The molecule has 1 aliphatic rings. The van der Waals surface area contributed by atoms with Crippen LogP contribution in [0.1, 0.15) is 49.8 Å². The lowest BCUT2D eigenvalue weighted by molar-refractivity contribution is 0.0820. The highest BCUT2D eigenvalue weighted by Crippen LogP contribution is 2.28. The van der Waals surface area contributed by atoms with Crippen molar-refractivity contribution in [2.24, 2.45) is 0 Å². The van der Waals surface area contributed by atoms with E-state index in [9.17, 15) is 5.11 Å². The number of piperidine rings is 1. The molecule has 130 valence electrons. The van der Waals surface area contributed by atoms with Crippen LogP contribution in [0.3, 0.4) is 0 Å². The van der Waals surface area contributed by atoms with Gasteiger partial charge in [-0.05, 0) is 51.8 Å². The van der Waals surface area contributed by atoms with Gasteiger partial charge in [-0.2, -0.15) is 0 Å². The summed E-state index contributed by atoms with van der Waals surface area (Å²) in [6.07, 6.45) is 3.95. The lowest BCUT2D eigenvalue weighted by Crippen LogP contribution is -2.37. The van der Waals surface area contributed by atoms with Crippen LogP contribution in [0.4, 0.5) is 0 Å². The van der Waals surface area contributed by atoms with E-state index in [1.54, 1.807) is 7.11 Å². The van der Waals surface area contributed by atoms with E-state index in [1.165, 1.54) is 11.1 Å². The third-order valence-electron chi connectivity index (χ3n) is 4.77. The molecular formula is C19H32N2O2. The lowest BCUT2D eigenvalue weighted by atomic mass is 10.0. The molecule has 0 bridgehead atoms. The zero-order chi connectivity index (χ0) is 16.7. The molecule has 0 radical (unpaired) electrons. The maximum Gasteiger partial charge on any atom is 0.123 e. The number of nitrogens with one attached hydrogen (secondary N) is 1.